The van der Waals surface area contributed by atoms with Gasteiger partial charge in [0.1, 0.15) is 11.6 Å². The van der Waals surface area contributed by atoms with Gasteiger partial charge in [-0.3, -0.25) is 4.99 Å². The van der Waals surface area contributed by atoms with Crippen LogP contribution in [0, 0.1) is 17.6 Å². The molecule has 1 heterocycles. The molecule has 2 atom stereocenters. The summed E-state index contributed by atoms with van der Waals surface area (Å²) >= 11 is 1.72. The van der Waals surface area contributed by atoms with Crippen molar-refractivity contribution in [2.45, 2.75) is 24.3 Å². The molecule has 0 bridgehead atoms. The van der Waals surface area contributed by atoms with E-state index in [2.05, 4.69) is 61.7 Å². The average molecular weight is 394 g/mol. The minimum atomic E-state index is -0.546. The lowest BCUT2D eigenvalue weighted by Crippen LogP contribution is -2.06. The summed E-state index contributed by atoms with van der Waals surface area (Å²) in [5.74, 6) is -0.896. The van der Waals surface area contributed by atoms with Crippen molar-refractivity contribution in [3.8, 4) is 11.1 Å². The Bertz CT molecular complexity index is 990. The van der Waals surface area contributed by atoms with Gasteiger partial charge in [0.2, 0.25) is 0 Å². The lowest BCUT2D eigenvalue weighted by molar-refractivity contribution is 0.525. The zero-order chi connectivity index (χ0) is 19.7. The normalized spacial score (nSPS) is 18.9. The van der Waals surface area contributed by atoms with Gasteiger partial charge in [0.15, 0.2) is 0 Å². The molecule has 142 valence electrons. The number of nitrogens with zero attached hydrogens (tertiary/aromatic N) is 1. The second-order valence-electron chi connectivity index (χ2n) is 7.15. The van der Waals surface area contributed by atoms with E-state index in [4.69, 9.17) is 4.99 Å². The highest BCUT2D eigenvalue weighted by Gasteiger charge is 2.30. The van der Waals surface area contributed by atoms with Crippen LogP contribution in [0.15, 0.2) is 76.6 Å². The van der Waals surface area contributed by atoms with Crippen molar-refractivity contribution in [3.63, 3.8) is 0 Å². The smallest absolute Gasteiger partial charge is 0.135 e. The molecule has 28 heavy (non-hydrogen) atoms. The van der Waals surface area contributed by atoms with Crippen LogP contribution in [0.1, 0.15) is 30.5 Å². The molecule has 1 aliphatic heterocycles. The second-order valence-corrected chi connectivity index (χ2v) is 8.03. The quantitative estimate of drug-likeness (QED) is 0.438. The van der Waals surface area contributed by atoms with Crippen molar-refractivity contribution in [2.75, 3.05) is 6.26 Å². The van der Waals surface area contributed by atoms with Gasteiger partial charge in [-0.05, 0) is 59.6 Å². The predicted molar refractivity (Wildman–Crippen MR) is 113 cm³/mol. The molecule has 0 N–H and O–H groups in total. The van der Waals surface area contributed by atoms with Crippen molar-refractivity contribution < 1.29 is 8.78 Å². The first-order valence-corrected chi connectivity index (χ1v) is 10.5. The third-order valence-corrected chi connectivity index (χ3v) is 6.02. The van der Waals surface area contributed by atoms with Gasteiger partial charge in [0.25, 0.3) is 0 Å². The molecule has 0 saturated heterocycles. The molecule has 0 radical (unpaired) electrons. The Balaban J connectivity index is 1.61. The number of halogens is 2. The molecule has 1 nitrogen and oxygen atoms in total. The minimum absolute atomic E-state index is 0.0161. The van der Waals surface area contributed by atoms with Crippen LogP contribution in [-0.2, 0) is 0 Å². The molecule has 0 spiro atoms. The average Bonchev–Trinajstić information content (AvgIpc) is 3.09. The summed E-state index contributed by atoms with van der Waals surface area (Å²) in [5, 5.41) is 0. The van der Waals surface area contributed by atoms with Crippen LogP contribution in [0.25, 0.3) is 11.1 Å². The maximum atomic E-state index is 14.1. The second kappa shape index (κ2) is 7.88. The lowest BCUT2D eigenvalue weighted by Gasteiger charge is -2.14. The zero-order valence-electron chi connectivity index (χ0n) is 15.8. The number of hydrogen-bond donors (Lipinski definition) is 0. The summed E-state index contributed by atoms with van der Waals surface area (Å²) in [6.07, 6.45) is 2.63. The third-order valence-electron chi connectivity index (χ3n) is 5.28. The highest BCUT2D eigenvalue weighted by Crippen LogP contribution is 2.37. The zero-order valence-corrected chi connectivity index (χ0v) is 16.6. The summed E-state index contributed by atoms with van der Waals surface area (Å²) in [4.78, 5) is 5.93. The highest BCUT2D eigenvalue weighted by atomic mass is 32.2. The molecule has 0 aliphatic carbocycles. The summed E-state index contributed by atoms with van der Waals surface area (Å²) in [6, 6.07) is 20.7. The molecular formula is C24H21F2NS. The van der Waals surface area contributed by atoms with E-state index in [0.717, 1.165) is 11.1 Å². The van der Waals surface area contributed by atoms with Gasteiger partial charge in [-0.2, -0.15) is 0 Å². The first-order chi connectivity index (χ1) is 13.6. The Morgan fingerprint density at radius 2 is 1.43 bits per heavy atom. The monoisotopic (exact) mass is 393 g/mol. The van der Waals surface area contributed by atoms with Gasteiger partial charge >= 0.3 is 0 Å². The molecule has 0 amide bonds. The van der Waals surface area contributed by atoms with Crippen LogP contribution in [0.3, 0.4) is 0 Å². The van der Waals surface area contributed by atoms with E-state index in [1.807, 2.05) is 0 Å². The van der Waals surface area contributed by atoms with Crippen LogP contribution >= 0.6 is 11.8 Å². The first kappa shape index (κ1) is 18.9. The standard InChI is InChI=1S/C24H21F2NS/c1-15-14-22(23-20(25)4-3-5-21(23)26)27-24(15)18-8-6-16(7-9-18)17-10-12-19(28-2)13-11-17/h3-13,15,24H,14H2,1-2H3. The van der Waals surface area contributed by atoms with Crippen molar-refractivity contribution in [1.29, 1.82) is 0 Å². The van der Waals surface area contributed by atoms with Gasteiger partial charge in [-0.25, -0.2) is 8.78 Å². The van der Waals surface area contributed by atoms with Gasteiger partial charge in [-0.1, -0.05) is 49.4 Å². The van der Waals surface area contributed by atoms with E-state index in [-0.39, 0.29) is 17.5 Å². The largest absolute Gasteiger partial charge is 0.281 e. The number of aliphatic imine (C=N–C) groups is 1. The maximum Gasteiger partial charge on any atom is 0.135 e. The number of benzene rings is 3. The van der Waals surface area contributed by atoms with Crippen LogP contribution in [0.4, 0.5) is 8.78 Å². The van der Waals surface area contributed by atoms with Gasteiger partial charge in [0, 0.05) is 10.6 Å². The number of rotatable bonds is 4. The van der Waals surface area contributed by atoms with Crippen molar-refractivity contribution in [1.82, 2.24) is 0 Å². The fraction of sp³-hybridized carbons (Fsp3) is 0.208. The van der Waals surface area contributed by atoms with Crippen molar-refractivity contribution in [2.24, 2.45) is 10.9 Å². The van der Waals surface area contributed by atoms with E-state index in [0.29, 0.717) is 12.1 Å². The van der Waals surface area contributed by atoms with Gasteiger partial charge in [-0.15, -0.1) is 11.8 Å². The molecule has 0 fully saturated rings. The molecule has 4 heteroatoms. The Labute approximate surface area is 168 Å². The number of hydrogen-bond acceptors (Lipinski definition) is 2. The Hall–Kier alpha value is -2.46. The van der Waals surface area contributed by atoms with E-state index in [1.54, 1.807) is 11.8 Å². The minimum Gasteiger partial charge on any atom is -0.281 e. The molecule has 3 aromatic rings. The fourth-order valence-electron chi connectivity index (χ4n) is 3.76. The van der Waals surface area contributed by atoms with Crippen LogP contribution in [-0.4, -0.2) is 12.0 Å². The molecule has 4 rings (SSSR count). The fourth-order valence-corrected chi connectivity index (χ4v) is 4.17. The van der Waals surface area contributed by atoms with E-state index >= 15 is 0 Å². The summed E-state index contributed by atoms with van der Waals surface area (Å²) in [6.45, 7) is 2.08. The summed E-state index contributed by atoms with van der Waals surface area (Å²) < 4.78 is 28.3. The third kappa shape index (κ3) is 3.61. The molecular weight excluding hydrogens is 372 g/mol. The van der Waals surface area contributed by atoms with Gasteiger partial charge in [0.05, 0.1) is 11.6 Å². The molecule has 0 aromatic heterocycles. The van der Waals surface area contributed by atoms with E-state index in [1.165, 1.54) is 28.7 Å². The Morgan fingerprint density at radius 1 is 0.857 bits per heavy atom. The highest BCUT2D eigenvalue weighted by molar-refractivity contribution is 7.98. The van der Waals surface area contributed by atoms with E-state index < -0.39 is 11.6 Å². The lowest BCUT2D eigenvalue weighted by atomic mass is 9.92. The van der Waals surface area contributed by atoms with E-state index in [9.17, 15) is 8.78 Å². The summed E-state index contributed by atoms with van der Waals surface area (Å²) in [7, 11) is 0. The van der Waals surface area contributed by atoms with Crippen LogP contribution < -0.4 is 0 Å². The molecule has 1 aliphatic rings. The molecule has 2 unspecified atom stereocenters. The maximum absolute atomic E-state index is 14.1. The number of thioether (sulfide) groups is 1. The molecule has 3 aromatic carbocycles. The van der Waals surface area contributed by atoms with Crippen LogP contribution in [0.5, 0.6) is 0 Å². The predicted octanol–water partition coefficient (Wildman–Crippen LogP) is 6.92. The first-order valence-electron chi connectivity index (χ1n) is 9.32. The van der Waals surface area contributed by atoms with Crippen molar-refractivity contribution in [3.05, 3.63) is 89.5 Å². The van der Waals surface area contributed by atoms with Crippen molar-refractivity contribution >= 4 is 17.5 Å². The van der Waals surface area contributed by atoms with Crippen LogP contribution in [0.2, 0.25) is 0 Å². The topological polar surface area (TPSA) is 12.4 Å². The van der Waals surface area contributed by atoms with Gasteiger partial charge < -0.3 is 0 Å². The Morgan fingerprint density at radius 3 is 2.00 bits per heavy atom. The summed E-state index contributed by atoms with van der Waals surface area (Å²) in [5.41, 5.74) is 3.92. The molecule has 0 saturated carbocycles. The Kier molecular flexibility index (Phi) is 5.31. The SMILES string of the molecule is CSc1ccc(-c2ccc(C3N=C(c4c(F)cccc4F)CC3C)cc2)cc1.